The zero-order valence-electron chi connectivity index (χ0n) is 10.0. The van der Waals surface area contributed by atoms with Gasteiger partial charge in [0.1, 0.15) is 23.5 Å². The lowest BCUT2D eigenvalue weighted by atomic mass is 9.93. The van der Waals surface area contributed by atoms with Gasteiger partial charge in [0.2, 0.25) is 0 Å². The molecule has 2 rings (SSSR count). The Hall–Kier alpha value is -0.480. The van der Waals surface area contributed by atoms with Gasteiger partial charge >= 0.3 is 0 Å². The summed E-state index contributed by atoms with van der Waals surface area (Å²) in [6, 6.07) is 5.77. The lowest BCUT2D eigenvalue weighted by molar-refractivity contribution is 0.0997. The van der Waals surface area contributed by atoms with E-state index in [9.17, 15) is 5.11 Å². The van der Waals surface area contributed by atoms with Crippen molar-refractivity contribution in [1.82, 2.24) is 5.32 Å². The molecule has 0 aromatic heterocycles. The smallest absolute Gasteiger partial charge is 0.139 e. The first-order chi connectivity index (χ1) is 8.66. The molecule has 1 aromatic carbocycles. The summed E-state index contributed by atoms with van der Waals surface area (Å²) in [4.78, 5) is 0. The van der Waals surface area contributed by atoms with Crippen molar-refractivity contribution >= 4 is 23.2 Å². The first-order valence-corrected chi connectivity index (χ1v) is 6.90. The number of benzene rings is 1. The molecule has 1 atom stereocenters. The van der Waals surface area contributed by atoms with Crippen molar-refractivity contribution in [3.8, 4) is 5.75 Å². The Morgan fingerprint density at radius 3 is 2.83 bits per heavy atom. The molecule has 1 unspecified atom stereocenters. The minimum atomic E-state index is -0.541. The molecule has 1 aromatic rings. The van der Waals surface area contributed by atoms with Gasteiger partial charge in [-0.25, -0.2) is 0 Å². The Morgan fingerprint density at radius 1 is 1.39 bits per heavy atom. The second-order valence-corrected chi connectivity index (χ2v) is 5.34. The predicted molar refractivity (Wildman–Crippen MR) is 73.6 cm³/mol. The van der Waals surface area contributed by atoms with Gasteiger partial charge in [0.05, 0.1) is 5.02 Å². The average molecular weight is 290 g/mol. The van der Waals surface area contributed by atoms with Crippen molar-refractivity contribution in [2.45, 2.75) is 31.4 Å². The van der Waals surface area contributed by atoms with E-state index in [2.05, 4.69) is 5.32 Å². The fourth-order valence-electron chi connectivity index (χ4n) is 1.76. The van der Waals surface area contributed by atoms with Crippen molar-refractivity contribution in [2.75, 3.05) is 13.2 Å². The summed E-state index contributed by atoms with van der Waals surface area (Å²) in [7, 11) is 0. The maximum atomic E-state index is 9.78. The molecule has 0 amide bonds. The Balaban J connectivity index is 1.74. The summed E-state index contributed by atoms with van der Waals surface area (Å²) in [5, 5.41) is 13.9. The highest BCUT2D eigenvalue weighted by Gasteiger charge is 2.18. The van der Waals surface area contributed by atoms with Crippen LogP contribution in [0, 0.1) is 0 Å². The van der Waals surface area contributed by atoms with Crippen LogP contribution in [-0.4, -0.2) is 30.4 Å². The van der Waals surface area contributed by atoms with Gasteiger partial charge in [-0.3, -0.25) is 0 Å². The molecule has 1 saturated carbocycles. The molecule has 2 N–H and O–H groups in total. The first-order valence-electron chi connectivity index (χ1n) is 6.15. The number of hydrogen-bond acceptors (Lipinski definition) is 3. The van der Waals surface area contributed by atoms with E-state index < -0.39 is 6.10 Å². The fraction of sp³-hybridized carbons (Fsp3) is 0.538. The van der Waals surface area contributed by atoms with E-state index in [1.165, 1.54) is 19.3 Å². The van der Waals surface area contributed by atoms with E-state index in [0.29, 0.717) is 28.4 Å². The molecule has 0 aliphatic heterocycles. The van der Waals surface area contributed by atoms with Crippen LogP contribution in [0.25, 0.3) is 0 Å². The van der Waals surface area contributed by atoms with E-state index in [-0.39, 0.29) is 6.61 Å². The van der Waals surface area contributed by atoms with Crippen molar-refractivity contribution in [2.24, 2.45) is 0 Å². The molecule has 0 heterocycles. The van der Waals surface area contributed by atoms with Crippen LogP contribution >= 0.6 is 23.2 Å². The largest absolute Gasteiger partial charge is 0.489 e. The van der Waals surface area contributed by atoms with E-state index in [1.54, 1.807) is 18.2 Å². The molecule has 0 saturated heterocycles. The molecule has 5 heteroatoms. The number of rotatable bonds is 6. The molecule has 0 spiro atoms. The van der Waals surface area contributed by atoms with E-state index >= 15 is 0 Å². The molecular weight excluding hydrogens is 273 g/mol. The summed E-state index contributed by atoms with van der Waals surface area (Å²) in [5.74, 6) is 0.506. The number of nitrogens with one attached hydrogen (secondary N) is 1. The monoisotopic (exact) mass is 289 g/mol. The molecule has 0 bridgehead atoms. The average Bonchev–Trinajstić information content (AvgIpc) is 2.29. The van der Waals surface area contributed by atoms with Gasteiger partial charge in [-0.05, 0) is 25.0 Å². The topological polar surface area (TPSA) is 41.5 Å². The van der Waals surface area contributed by atoms with Gasteiger partial charge in [0, 0.05) is 12.6 Å². The van der Waals surface area contributed by atoms with E-state index in [0.717, 1.165) is 0 Å². The minimum absolute atomic E-state index is 0.208. The fourth-order valence-corrected chi connectivity index (χ4v) is 2.10. The highest BCUT2D eigenvalue weighted by Crippen LogP contribution is 2.31. The van der Waals surface area contributed by atoms with Crippen LogP contribution in [0.15, 0.2) is 18.2 Å². The van der Waals surface area contributed by atoms with Crippen molar-refractivity contribution in [1.29, 1.82) is 0 Å². The molecule has 1 fully saturated rings. The molecule has 3 nitrogen and oxygen atoms in total. The molecule has 18 heavy (non-hydrogen) atoms. The van der Waals surface area contributed by atoms with Crippen LogP contribution in [0.3, 0.4) is 0 Å². The van der Waals surface area contributed by atoms with Crippen LogP contribution < -0.4 is 10.1 Å². The Bertz CT molecular complexity index is 397. The molecule has 1 aliphatic carbocycles. The van der Waals surface area contributed by atoms with Gasteiger partial charge in [0.15, 0.2) is 0 Å². The summed E-state index contributed by atoms with van der Waals surface area (Å²) < 4.78 is 5.46. The van der Waals surface area contributed by atoms with Crippen LogP contribution in [0.5, 0.6) is 5.75 Å². The Labute approximate surface area is 117 Å². The second-order valence-electron chi connectivity index (χ2n) is 4.55. The van der Waals surface area contributed by atoms with Crippen LogP contribution in [0.4, 0.5) is 0 Å². The van der Waals surface area contributed by atoms with Crippen LogP contribution in [-0.2, 0) is 0 Å². The van der Waals surface area contributed by atoms with Crippen LogP contribution in [0.2, 0.25) is 10.0 Å². The van der Waals surface area contributed by atoms with Crippen molar-refractivity contribution in [3.05, 3.63) is 28.2 Å². The highest BCUT2D eigenvalue weighted by atomic mass is 35.5. The van der Waals surface area contributed by atoms with Gasteiger partial charge in [-0.2, -0.15) is 0 Å². The zero-order chi connectivity index (χ0) is 13.0. The highest BCUT2D eigenvalue weighted by molar-refractivity contribution is 6.42. The summed E-state index contributed by atoms with van der Waals surface area (Å²) in [6.45, 7) is 0.753. The third-order valence-corrected chi connectivity index (χ3v) is 3.90. The molecule has 0 radical (unpaired) electrons. The molecule has 100 valence electrons. The maximum absolute atomic E-state index is 9.78. The third kappa shape index (κ3) is 3.75. The van der Waals surface area contributed by atoms with Crippen LogP contribution in [0.1, 0.15) is 19.3 Å². The quantitative estimate of drug-likeness (QED) is 0.846. The number of hydrogen-bond donors (Lipinski definition) is 2. The Morgan fingerprint density at radius 2 is 2.17 bits per heavy atom. The van der Waals surface area contributed by atoms with Crippen molar-refractivity contribution in [3.63, 3.8) is 0 Å². The van der Waals surface area contributed by atoms with E-state index in [1.807, 2.05) is 0 Å². The summed E-state index contributed by atoms with van der Waals surface area (Å²) in [5.41, 5.74) is 0. The molecule has 1 aliphatic rings. The van der Waals surface area contributed by atoms with Gasteiger partial charge in [0.25, 0.3) is 0 Å². The summed E-state index contributed by atoms with van der Waals surface area (Å²) >= 11 is 11.9. The van der Waals surface area contributed by atoms with Crippen molar-refractivity contribution < 1.29 is 9.84 Å². The summed E-state index contributed by atoms with van der Waals surface area (Å²) in [6.07, 6.45) is 3.14. The molecular formula is C13H17Cl2NO2. The first kappa shape index (κ1) is 13.9. The SMILES string of the molecule is OC(CNC1CCC1)COc1cccc(Cl)c1Cl. The number of halogens is 2. The normalized spacial score (nSPS) is 17.3. The third-order valence-electron chi connectivity index (χ3n) is 3.09. The second kappa shape index (κ2) is 6.62. The van der Waals surface area contributed by atoms with Gasteiger partial charge in [-0.1, -0.05) is 35.7 Å². The van der Waals surface area contributed by atoms with Gasteiger partial charge < -0.3 is 15.2 Å². The lowest BCUT2D eigenvalue weighted by Gasteiger charge is -2.27. The number of aliphatic hydroxyl groups excluding tert-OH is 1. The minimum Gasteiger partial charge on any atom is -0.489 e. The lowest BCUT2D eigenvalue weighted by Crippen LogP contribution is -2.41. The predicted octanol–water partition coefficient (Wildman–Crippen LogP) is 2.88. The van der Waals surface area contributed by atoms with E-state index in [4.69, 9.17) is 27.9 Å². The van der Waals surface area contributed by atoms with Gasteiger partial charge in [-0.15, -0.1) is 0 Å². The zero-order valence-corrected chi connectivity index (χ0v) is 11.5. The maximum Gasteiger partial charge on any atom is 0.139 e. The standard InChI is InChI=1S/C13H17Cl2NO2/c14-11-5-2-6-12(13(11)15)18-8-10(17)7-16-9-3-1-4-9/h2,5-6,9-10,16-17H,1,3-4,7-8H2. The number of aliphatic hydroxyl groups is 1. The number of ether oxygens (including phenoxy) is 1. The Kier molecular flexibility index (Phi) is 5.13.